The number of carbonyl (C=O) groups is 1. The summed E-state index contributed by atoms with van der Waals surface area (Å²) in [5.74, 6) is 0. The maximum Gasteiger partial charge on any atom is 0.410 e. The molecular weight excluding hydrogens is 218 g/mol. The predicted octanol–water partition coefficient (Wildman–Crippen LogP) is 2.16. The summed E-state index contributed by atoms with van der Waals surface area (Å²) in [6.07, 6.45) is 3.50. The minimum atomic E-state index is -0.431. The summed E-state index contributed by atoms with van der Waals surface area (Å²) in [6.45, 7) is 5.63. The zero-order chi connectivity index (χ0) is 12.8. The van der Waals surface area contributed by atoms with E-state index in [0.717, 1.165) is 25.7 Å². The van der Waals surface area contributed by atoms with Crippen molar-refractivity contribution in [2.75, 3.05) is 7.05 Å². The summed E-state index contributed by atoms with van der Waals surface area (Å²) >= 11 is 0. The third kappa shape index (κ3) is 2.57. The Bertz CT molecular complexity index is 307. The second kappa shape index (κ2) is 3.87. The zero-order valence-corrected chi connectivity index (χ0v) is 11.2. The fraction of sp³-hybridized carbons (Fsp3) is 0.923. The van der Waals surface area contributed by atoms with Gasteiger partial charge in [-0.2, -0.15) is 0 Å². The van der Waals surface area contributed by atoms with Crippen molar-refractivity contribution in [1.29, 1.82) is 0 Å². The second-order valence-electron chi connectivity index (χ2n) is 6.72. The molecule has 98 valence electrons. The molecule has 17 heavy (non-hydrogen) atoms. The molecule has 4 nitrogen and oxygen atoms in total. The molecule has 2 fully saturated rings. The van der Waals surface area contributed by atoms with Crippen molar-refractivity contribution in [3.63, 3.8) is 0 Å². The van der Waals surface area contributed by atoms with Crippen LogP contribution in [0.25, 0.3) is 0 Å². The second-order valence-corrected chi connectivity index (χ2v) is 6.72. The van der Waals surface area contributed by atoms with Gasteiger partial charge in [0.15, 0.2) is 0 Å². The summed E-state index contributed by atoms with van der Waals surface area (Å²) in [7, 11) is 1.81. The highest BCUT2D eigenvalue weighted by molar-refractivity contribution is 5.68. The van der Waals surface area contributed by atoms with Crippen LogP contribution < -0.4 is 0 Å². The van der Waals surface area contributed by atoms with Crippen LogP contribution in [0.5, 0.6) is 0 Å². The van der Waals surface area contributed by atoms with Gasteiger partial charge in [0.05, 0.1) is 6.10 Å². The van der Waals surface area contributed by atoms with E-state index in [0.29, 0.717) is 5.41 Å². The average molecular weight is 241 g/mol. The first-order valence-electron chi connectivity index (χ1n) is 6.35. The van der Waals surface area contributed by atoms with Gasteiger partial charge in [-0.3, -0.25) is 0 Å². The summed E-state index contributed by atoms with van der Waals surface area (Å²) < 4.78 is 5.33. The van der Waals surface area contributed by atoms with Crippen LogP contribution in [0.4, 0.5) is 4.79 Å². The summed E-state index contributed by atoms with van der Waals surface area (Å²) in [5.41, 5.74) is -0.0974. The zero-order valence-electron chi connectivity index (χ0n) is 11.2. The predicted molar refractivity (Wildman–Crippen MR) is 64.7 cm³/mol. The third-order valence-electron chi connectivity index (χ3n) is 3.90. The Hall–Kier alpha value is -0.770. The lowest BCUT2D eigenvalue weighted by Crippen LogP contribution is -2.58. The number of ether oxygens (including phenoxy) is 1. The Balaban J connectivity index is 1.79. The van der Waals surface area contributed by atoms with E-state index in [2.05, 4.69) is 0 Å². The Morgan fingerprint density at radius 1 is 1.29 bits per heavy atom. The molecule has 0 unspecified atom stereocenters. The van der Waals surface area contributed by atoms with Crippen LogP contribution in [-0.4, -0.2) is 40.9 Å². The molecule has 0 saturated heterocycles. The van der Waals surface area contributed by atoms with E-state index < -0.39 is 5.60 Å². The summed E-state index contributed by atoms with van der Waals surface area (Å²) in [5, 5.41) is 9.33. The first-order valence-corrected chi connectivity index (χ1v) is 6.35. The van der Waals surface area contributed by atoms with Crippen molar-refractivity contribution >= 4 is 6.09 Å². The maximum absolute atomic E-state index is 11.8. The highest BCUT2D eigenvalue weighted by Gasteiger charge is 2.54. The average Bonchev–Trinajstić information content (AvgIpc) is 2.04. The molecule has 4 heteroatoms. The molecule has 1 amide bonds. The molecular formula is C13H23NO3. The van der Waals surface area contributed by atoms with Crippen LogP contribution in [0, 0.1) is 5.41 Å². The molecule has 2 saturated carbocycles. The highest BCUT2D eigenvalue weighted by atomic mass is 16.6. The van der Waals surface area contributed by atoms with Crippen molar-refractivity contribution in [2.24, 2.45) is 5.41 Å². The van der Waals surface area contributed by atoms with Crippen LogP contribution in [0.15, 0.2) is 0 Å². The van der Waals surface area contributed by atoms with Gasteiger partial charge in [0.1, 0.15) is 5.60 Å². The van der Waals surface area contributed by atoms with Gasteiger partial charge in [-0.25, -0.2) is 4.79 Å². The molecule has 0 atom stereocenters. The molecule has 2 aliphatic rings. The molecule has 0 radical (unpaired) electrons. The Kier molecular flexibility index (Phi) is 2.89. The van der Waals surface area contributed by atoms with Crippen molar-refractivity contribution in [2.45, 2.75) is 64.2 Å². The largest absolute Gasteiger partial charge is 0.444 e. The lowest BCUT2D eigenvalue weighted by atomic mass is 9.52. The van der Waals surface area contributed by atoms with Crippen molar-refractivity contribution < 1.29 is 14.6 Å². The summed E-state index contributed by atoms with van der Waals surface area (Å²) in [6, 6.07) is 0.289. The lowest BCUT2D eigenvalue weighted by molar-refractivity contribution is -0.117. The van der Waals surface area contributed by atoms with Crippen molar-refractivity contribution in [1.82, 2.24) is 4.90 Å². The van der Waals surface area contributed by atoms with Crippen LogP contribution in [0.1, 0.15) is 46.5 Å². The number of aliphatic hydroxyl groups is 1. The fourth-order valence-corrected chi connectivity index (χ4v) is 2.97. The van der Waals surface area contributed by atoms with E-state index in [1.807, 2.05) is 20.8 Å². The van der Waals surface area contributed by atoms with Gasteiger partial charge >= 0.3 is 6.09 Å². The number of hydrogen-bond acceptors (Lipinski definition) is 3. The fourth-order valence-electron chi connectivity index (χ4n) is 2.97. The minimum absolute atomic E-state index is 0.109. The monoisotopic (exact) mass is 241 g/mol. The molecule has 0 aromatic carbocycles. The maximum atomic E-state index is 11.8. The molecule has 0 aromatic rings. The SMILES string of the molecule is CN(C(=O)OC(C)(C)C)C1CC2(CC(O)C2)C1. The van der Waals surface area contributed by atoms with E-state index in [4.69, 9.17) is 4.74 Å². The quantitative estimate of drug-likeness (QED) is 0.765. The van der Waals surface area contributed by atoms with Gasteiger partial charge in [0.2, 0.25) is 0 Å². The third-order valence-corrected chi connectivity index (χ3v) is 3.90. The number of aliphatic hydroxyl groups excluding tert-OH is 1. The molecule has 2 aliphatic carbocycles. The molecule has 1 spiro atoms. The smallest absolute Gasteiger partial charge is 0.410 e. The van der Waals surface area contributed by atoms with Crippen molar-refractivity contribution in [3.8, 4) is 0 Å². The first kappa shape index (κ1) is 12.7. The van der Waals surface area contributed by atoms with Gasteiger partial charge in [0, 0.05) is 13.1 Å². The topological polar surface area (TPSA) is 49.8 Å². The van der Waals surface area contributed by atoms with E-state index in [1.165, 1.54) is 0 Å². The lowest BCUT2D eigenvalue weighted by Gasteiger charge is -2.58. The van der Waals surface area contributed by atoms with Crippen LogP contribution >= 0.6 is 0 Å². The molecule has 1 N–H and O–H groups in total. The minimum Gasteiger partial charge on any atom is -0.444 e. The highest BCUT2D eigenvalue weighted by Crippen LogP contribution is 2.57. The first-order chi connectivity index (χ1) is 7.71. The molecule has 0 aromatic heterocycles. The number of amides is 1. The van der Waals surface area contributed by atoms with Gasteiger partial charge in [-0.1, -0.05) is 0 Å². The van der Waals surface area contributed by atoms with Gasteiger partial charge in [-0.05, 0) is 51.9 Å². The van der Waals surface area contributed by atoms with Crippen molar-refractivity contribution in [3.05, 3.63) is 0 Å². The Labute approximate surface area is 103 Å². The Morgan fingerprint density at radius 3 is 2.24 bits per heavy atom. The van der Waals surface area contributed by atoms with Crippen LogP contribution in [0.3, 0.4) is 0 Å². The normalized spacial score (nSPS) is 36.1. The Morgan fingerprint density at radius 2 is 1.82 bits per heavy atom. The number of nitrogens with zero attached hydrogens (tertiary/aromatic N) is 1. The van der Waals surface area contributed by atoms with E-state index in [-0.39, 0.29) is 18.2 Å². The van der Waals surface area contributed by atoms with E-state index in [1.54, 1.807) is 11.9 Å². The molecule has 0 bridgehead atoms. The van der Waals surface area contributed by atoms with Crippen LogP contribution in [0.2, 0.25) is 0 Å². The van der Waals surface area contributed by atoms with Crippen LogP contribution in [-0.2, 0) is 4.74 Å². The molecule has 2 rings (SSSR count). The van der Waals surface area contributed by atoms with Gasteiger partial charge in [-0.15, -0.1) is 0 Å². The number of rotatable bonds is 1. The molecule has 0 heterocycles. The standard InChI is InChI=1S/C13H23NO3/c1-12(2,3)17-11(16)14(4)9-5-13(6-9)7-10(15)8-13/h9-10,15H,5-8H2,1-4H3. The number of hydrogen-bond donors (Lipinski definition) is 1. The summed E-state index contributed by atoms with van der Waals surface area (Å²) in [4.78, 5) is 13.5. The van der Waals surface area contributed by atoms with E-state index >= 15 is 0 Å². The number of carbonyl (C=O) groups excluding carboxylic acids is 1. The van der Waals surface area contributed by atoms with Gasteiger partial charge < -0.3 is 14.7 Å². The van der Waals surface area contributed by atoms with E-state index in [9.17, 15) is 9.90 Å². The van der Waals surface area contributed by atoms with Gasteiger partial charge in [0.25, 0.3) is 0 Å². The molecule has 0 aliphatic heterocycles.